The summed E-state index contributed by atoms with van der Waals surface area (Å²) in [5.41, 5.74) is 1.45. The Morgan fingerprint density at radius 2 is 1.79 bits per heavy atom. The molecule has 0 spiro atoms. The number of rotatable bonds is 7. The zero-order valence-electron chi connectivity index (χ0n) is 18.2. The van der Waals surface area contributed by atoms with Crippen LogP contribution in [0.5, 0.6) is 0 Å². The maximum absolute atomic E-state index is 13.5. The first-order chi connectivity index (χ1) is 15.9. The second-order valence-corrected chi connectivity index (χ2v) is 10.6. The maximum Gasteiger partial charge on any atom is 0.418 e. The number of alkyl halides is 3. The number of carbonyl (C=O) groups excluding carboxylic acids is 1. The Labute approximate surface area is 200 Å². The van der Waals surface area contributed by atoms with Crippen LogP contribution in [0.3, 0.4) is 0 Å². The van der Waals surface area contributed by atoms with Crippen molar-refractivity contribution >= 4 is 49.7 Å². The largest absolute Gasteiger partial charge is 0.418 e. The second-order valence-electron chi connectivity index (χ2n) is 8.26. The number of anilines is 2. The molecule has 0 saturated heterocycles. The van der Waals surface area contributed by atoms with Crippen molar-refractivity contribution in [1.29, 1.82) is 0 Å². The first-order valence-electron chi connectivity index (χ1n) is 10.6. The van der Waals surface area contributed by atoms with E-state index >= 15 is 0 Å². The van der Waals surface area contributed by atoms with Crippen LogP contribution in [0.4, 0.5) is 24.5 Å². The average molecular weight is 511 g/mol. The quantitative estimate of drug-likeness (QED) is 0.437. The standard InChI is InChI=1S/C24H22ClF3N2O3S/c1-34(32,33)30(21-12-10-17(25)14-19(21)24(26,27)28)13-3-6-22(31)29-20-11-9-16-8-7-15-4-2-5-18(20)23(15)16/h2,4-5,9-12,14H,3,6-8,13H2,1H3,(H,29,31). The van der Waals surface area contributed by atoms with E-state index < -0.39 is 27.5 Å². The van der Waals surface area contributed by atoms with Gasteiger partial charge in [-0.15, -0.1) is 0 Å². The van der Waals surface area contributed by atoms with Crippen LogP contribution < -0.4 is 9.62 Å². The van der Waals surface area contributed by atoms with Gasteiger partial charge in [0, 0.05) is 29.1 Å². The maximum atomic E-state index is 13.5. The molecule has 3 aromatic carbocycles. The van der Waals surface area contributed by atoms with Gasteiger partial charge in [-0.1, -0.05) is 35.9 Å². The van der Waals surface area contributed by atoms with Crippen molar-refractivity contribution in [2.45, 2.75) is 31.9 Å². The van der Waals surface area contributed by atoms with Crippen molar-refractivity contribution in [2.24, 2.45) is 0 Å². The van der Waals surface area contributed by atoms with Gasteiger partial charge in [0.05, 0.1) is 17.5 Å². The molecule has 0 radical (unpaired) electrons. The lowest BCUT2D eigenvalue weighted by Crippen LogP contribution is -2.33. The Morgan fingerprint density at radius 1 is 1.09 bits per heavy atom. The number of amides is 1. The van der Waals surface area contributed by atoms with Gasteiger partial charge in [-0.05, 0) is 60.0 Å². The van der Waals surface area contributed by atoms with E-state index in [9.17, 15) is 26.4 Å². The van der Waals surface area contributed by atoms with Gasteiger partial charge in [-0.3, -0.25) is 9.10 Å². The predicted molar refractivity (Wildman–Crippen MR) is 128 cm³/mol. The van der Waals surface area contributed by atoms with Crippen LogP contribution in [-0.2, 0) is 33.8 Å². The summed E-state index contributed by atoms with van der Waals surface area (Å²) in [4.78, 5) is 12.6. The van der Waals surface area contributed by atoms with Gasteiger partial charge in [0.15, 0.2) is 0 Å². The number of nitrogens with zero attached hydrogens (tertiary/aromatic N) is 1. The van der Waals surface area contributed by atoms with E-state index in [1.54, 1.807) is 0 Å². The van der Waals surface area contributed by atoms with Gasteiger partial charge in [-0.2, -0.15) is 13.2 Å². The molecule has 0 unspecified atom stereocenters. The molecule has 5 nitrogen and oxygen atoms in total. The smallest absolute Gasteiger partial charge is 0.326 e. The van der Waals surface area contributed by atoms with Gasteiger partial charge in [0.25, 0.3) is 0 Å². The Hall–Kier alpha value is -2.78. The molecule has 0 aliphatic heterocycles. The number of carbonyl (C=O) groups is 1. The number of benzene rings is 3. The van der Waals surface area contributed by atoms with E-state index in [1.165, 1.54) is 17.2 Å². The van der Waals surface area contributed by atoms with Crippen LogP contribution >= 0.6 is 11.6 Å². The lowest BCUT2D eigenvalue weighted by Gasteiger charge is -2.26. The van der Waals surface area contributed by atoms with E-state index in [0.29, 0.717) is 16.1 Å². The van der Waals surface area contributed by atoms with Crippen molar-refractivity contribution in [2.75, 3.05) is 22.4 Å². The number of aryl methyl sites for hydroxylation is 2. The van der Waals surface area contributed by atoms with Gasteiger partial charge >= 0.3 is 6.18 Å². The summed E-state index contributed by atoms with van der Waals surface area (Å²) < 4.78 is 65.8. The van der Waals surface area contributed by atoms with Crippen LogP contribution in [-0.4, -0.2) is 27.1 Å². The summed E-state index contributed by atoms with van der Waals surface area (Å²) in [5.74, 6) is -0.348. The Balaban J connectivity index is 1.49. The lowest BCUT2D eigenvalue weighted by atomic mass is 10.0. The summed E-state index contributed by atoms with van der Waals surface area (Å²) in [6.07, 6.45) is -2.10. The van der Waals surface area contributed by atoms with Crippen molar-refractivity contribution in [1.82, 2.24) is 0 Å². The van der Waals surface area contributed by atoms with Crippen LogP contribution in [0.15, 0.2) is 48.5 Å². The Kier molecular flexibility index (Phi) is 6.52. The third kappa shape index (κ3) is 5.00. The molecule has 0 heterocycles. The van der Waals surface area contributed by atoms with E-state index in [2.05, 4.69) is 11.4 Å². The summed E-state index contributed by atoms with van der Waals surface area (Å²) in [6.45, 7) is -0.291. The Bertz CT molecular complexity index is 1360. The molecular weight excluding hydrogens is 489 g/mol. The van der Waals surface area contributed by atoms with Crippen molar-refractivity contribution in [3.63, 3.8) is 0 Å². The molecule has 0 fully saturated rings. The normalized spacial score (nSPS) is 13.3. The fourth-order valence-electron chi connectivity index (χ4n) is 4.37. The zero-order chi connectivity index (χ0) is 24.7. The molecule has 1 N–H and O–H groups in total. The summed E-state index contributed by atoms with van der Waals surface area (Å²) in [6, 6.07) is 12.7. The van der Waals surface area contributed by atoms with E-state index in [1.807, 2.05) is 24.3 Å². The molecule has 0 bridgehead atoms. The summed E-state index contributed by atoms with van der Waals surface area (Å²) >= 11 is 5.71. The van der Waals surface area contributed by atoms with E-state index in [-0.39, 0.29) is 30.3 Å². The molecule has 3 aromatic rings. The first-order valence-corrected chi connectivity index (χ1v) is 12.9. The highest BCUT2D eigenvalue weighted by atomic mass is 35.5. The van der Waals surface area contributed by atoms with Crippen molar-refractivity contribution in [3.8, 4) is 0 Å². The molecule has 0 aromatic heterocycles. The molecule has 1 aliphatic carbocycles. The summed E-state index contributed by atoms with van der Waals surface area (Å²) in [7, 11) is -4.04. The molecule has 34 heavy (non-hydrogen) atoms. The van der Waals surface area contributed by atoms with Gasteiger partial charge in [0.1, 0.15) is 0 Å². The van der Waals surface area contributed by atoms with E-state index in [4.69, 9.17) is 11.6 Å². The number of halogens is 4. The third-order valence-electron chi connectivity index (χ3n) is 5.85. The number of hydrogen-bond acceptors (Lipinski definition) is 3. The zero-order valence-corrected chi connectivity index (χ0v) is 19.8. The molecule has 4 rings (SSSR count). The summed E-state index contributed by atoms with van der Waals surface area (Å²) in [5, 5.41) is 4.78. The number of sulfonamides is 1. The number of hydrogen-bond donors (Lipinski definition) is 1. The van der Waals surface area contributed by atoms with Gasteiger partial charge in [-0.25, -0.2) is 8.42 Å². The van der Waals surface area contributed by atoms with Gasteiger partial charge < -0.3 is 5.32 Å². The average Bonchev–Trinajstić information content (AvgIpc) is 3.17. The fourth-order valence-corrected chi connectivity index (χ4v) is 5.52. The highest BCUT2D eigenvalue weighted by Gasteiger charge is 2.36. The molecule has 0 atom stereocenters. The van der Waals surface area contributed by atoms with Crippen molar-refractivity contribution in [3.05, 3.63) is 70.2 Å². The minimum Gasteiger partial charge on any atom is -0.326 e. The van der Waals surface area contributed by atoms with Crippen LogP contribution in [0.2, 0.25) is 5.02 Å². The minimum atomic E-state index is -4.80. The molecule has 1 amide bonds. The third-order valence-corrected chi connectivity index (χ3v) is 7.26. The molecule has 1 aliphatic rings. The minimum absolute atomic E-state index is 0.0279. The Morgan fingerprint density at radius 3 is 2.47 bits per heavy atom. The number of nitrogens with one attached hydrogen (secondary N) is 1. The second kappa shape index (κ2) is 9.11. The topological polar surface area (TPSA) is 66.5 Å². The highest BCUT2D eigenvalue weighted by molar-refractivity contribution is 7.92. The van der Waals surface area contributed by atoms with Crippen LogP contribution in [0, 0.1) is 0 Å². The highest BCUT2D eigenvalue weighted by Crippen LogP contribution is 2.39. The van der Waals surface area contributed by atoms with Gasteiger partial charge in [0.2, 0.25) is 15.9 Å². The lowest BCUT2D eigenvalue weighted by molar-refractivity contribution is -0.137. The van der Waals surface area contributed by atoms with Crippen molar-refractivity contribution < 1.29 is 26.4 Å². The predicted octanol–water partition coefficient (Wildman–Crippen LogP) is 5.80. The SMILES string of the molecule is CS(=O)(=O)N(CCCC(=O)Nc1ccc2c3c(cccc13)CC2)c1ccc(Cl)cc1C(F)(F)F. The van der Waals surface area contributed by atoms with E-state index in [0.717, 1.165) is 35.9 Å². The monoisotopic (exact) mass is 510 g/mol. The molecule has 180 valence electrons. The molecular formula is C24H22ClF3N2O3S. The van der Waals surface area contributed by atoms with Crippen LogP contribution in [0.25, 0.3) is 10.8 Å². The van der Waals surface area contributed by atoms with Crippen LogP contribution in [0.1, 0.15) is 29.5 Å². The molecule has 10 heteroatoms. The molecule has 0 saturated carbocycles. The first kappa shape index (κ1) is 24.3. The fraction of sp³-hybridized carbons (Fsp3) is 0.292.